The number of rotatable bonds is 5. The maximum absolute atomic E-state index is 11.9. The maximum atomic E-state index is 11.9. The molecule has 0 radical (unpaired) electrons. The molecule has 0 atom stereocenters. The summed E-state index contributed by atoms with van der Waals surface area (Å²) in [6, 6.07) is 4.81. The van der Waals surface area contributed by atoms with Crippen LogP contribution in [0.4, 0.5) is 5.82 Å². The molecule has 96 valence electrons. The minimum Gasteiger partial charge on any atom is -0.308 e. The SMILES string of the molecule is NNc1ccc(S(=O)(=O)NCc2ccsc2)cn1. The first-order chi connectivity index (χ1) is 8.62. The first-order valence-electron chi connectivity index (χ1n) is 5.05. The molecule has 0 aliphatic heterocycles. The monoisotopic (exact) mass is 284 g/mol. The van der Waals surface area contributed by atoms with Crippen molar-refractivity contribution in [3.63, 3.8) is 0 Å². The fraction of sp³-hybridized carbons (Fsp3) is 0.100. The number of nitrogens with one attached hydrogen (secondary N) is 2. The Hall–Kier alpha value is -1.48. The van der Waals surface area contributed by atoms with E-state index in [1.54, 1.807) is 0 Å². The van der Waals surface area contributed by atoms with E-state index in [2.05, 4.69) is 15.1 Å². The molecule has 2 aromatic heterocycles. The second kappa shape index (κ2) is 5.44. The van der Waals surface area contributed by atoms with Crippen molar-refractivity contribution in [2.24, 2.45) is 5.84 Å². The zero-order valence-electron chi connectivity index (χ0n) is 9.33. The van der Waals surface area contributed by atoms with Crippen molar-refractivity contribution in [3.8, 4) is 0 Å². The minimum absolute atomic E-state index is 0.108. The smallest absolute Gasteiger partial charge is 0.242 e. The summed E-state index contributed by atoms with van der Waals surface area (Å²) in [6.07, 6.45) is 1.26. The van der Waals surface area contributed by atoms with E-state index in [4.69, 9.17) is 5.84 Å². The van der Waals surface area contributed by atoms with Gasteiger partial charge < -0.3 is 5.43 Å². The predicted octanol–water partition coefficient (Wildman–Crippen LogP) is 0.907. The van der Waals surface area contributed by atoms with Crippen LogP contribution in [0.3, 0.4) is 0 Å². The first-order valence-corrected chi connectivity index (χ1v) is 7.48. The van der Waals surface area contributed by atoms with Crippen LogP contribution < -0.4 is 16.0 Å². The van der Waals surface area contributed by atoms with Gasteiger partial charge in [-0.3, -0.25) is 0 Å². The van der Waals surface area contributed by atoms with Crippen molar-refractivity contribution in [2.75, 3.05) is 5.43 Å². The molecule has 0 bridgehead atoms. The average Bonchev–Trinajstić information content (AvgIpc) is 2.90. The van der Waals surface area contributed by atoms with Crippen molar-refractivity contribution >= 4 is 27.2 Å². The van der Waals surface area contributed by atoms with Crippen molar-refractivity contribution in [2.45, 2.75) is 11.4 Å². The molecule has 2 aromatic rings. The van der Waals surface area contributed by atoms with Gasteiger partial charge in [0.25, 0.3) is 0 Å². The van der Waals surface area contributed by atoms with Crippen LogP contribution in [0.5, 0.6) is 0 Å². The lowest BCUT2D eigenvalue weighted by atomic mass is 10.4. The molecule has 0 saturated carbocycles. The van der Waals surface area contributed by atoms with Crippen LogP contribution >= 0.6 is 11.3 Å². The Labute approximate surface area is 109 Å². The fourth-order valence-electron chi connectivity index (χ4n) is 1.28. The highest BCUT2D eigenvalue weighted by atomic mass is 32.2. The van der Waals surface area contributed by atoms with Gasteiger partial charge in [0.2, 0.25) is 10.0 Å². The summed E-state index contributed by atoms with van der Waals surface area (Å²) < 4.78 is 26.4. The van der Waals surface area contributed by atoms with Gasteiger partial charge in [0.15, 0.2) is 0 Å². The molecule has 0 aliphatic rings. The maximum Gasteiger partial charge on any atom is 0.242 e. The molecule has 0 saturated heterocycles. The molecule has 6 nitrogen and oxygen atoms in total. The standard InChI is InChI=1S/C10H12N4O2S2/c11-14-10-2-1-9(6-12-10)18(15,16)13-5-8-3-4-17-7-8/h1-4,6-7,13H,5,11H2,(H,12,14). The van der Waals surface area contributed by atoms with E-state index in [9.17, 15) is 8.42 Å². The van der Waals surface area contributed by atoms with Crippen molar-refractivity contribution in [1.29, 1.82) is 0 Å². The summed E-state index contributed by atoms with van der Waals surface area (Å²) >= 11 is 1.52. The first kappa shape index (κ1) is 13.0. The summed E-state index contributed by atoms with van der Waals surface area (Å²) in [7, 11) is -3.54. The Morgan fingerprint density at radius 3 is 2.72 bits per heavy atom. The number of pyridine rings is 1. The summed E-state index contributed by atoms with van der Waals surface area (Å²) in [6.45, 7) is 0.267. The second-order valence-corrected chi connectivity index (χ2v) is 6.03. The van der Waals surface area contributed by atoms with Crippen LogP contribution in [0, 0.1) is 0 Å². The molecule has 0 aromatic carbocycles. The molecule has 0 spiro atoms. The number of anilines is 1. The largest absolute Gasteiger partial charge is 0.308 e. The summed E-state index contributed by atoms with van der Waals surface area (Å²) in [5.74, 6) is 5.56. The quantitative estimate of drug-likeness (QED) is 0.560. The molecule has 4 N–H and O–H groups in total. The summed E-state index contributed by atoms with van der Waals surface area (Å²) in [4.78, 5) is 3.96. The number of hydrogen-bond acceptors (Lipinski definition) is 6. The van der Waals surface area contributed by atoms with Crippen LogP contribution in [0.2, 0.25) is 0 Å². The van der Waals surface area contributed by atoms with Gasteiger partial charge in [-0.2, -0.15) is 11.3 Å². The highest BCUT2D eigenvalue weighted by Gasteiger charge is 2.14. The summed E-state index contributed by atoms with van der Waals surface area (Å²) in [5, 5.41) is 3.79. The van der Waals surface area contributed by atoms with E-state index >= 15 is 0 Å². The molecule has 0 fully saturated rings. The van der Waals surface area contributed by atoms with E-state index in [0.29, 0.717) is 5.82 Å². The highest BCUT2D eigenvalue weighted by Crippen LogP contribution is 2.11. The molecule has 2 rings (SSSR count). The predicted molar refractivity (Wildman–Crippen MR) is 70.4 cm³/mol. The molecule has 0 amide bonds. The van der Waals surface area contributed by atoms with Gasteiger partial charge in [-0.1, -0.05) is 0 Å². The number of nitrogen functional groups attached to an aromatic ring is 1. The zero-order chi connectivity index (χ0) is 13.0. The van der Waals surface area contributed by atoms with E-state index in [-0.39, 0.29) is 11.4 Å². The topological polar surface area (TPSA) is 97.1 Å². The van der Waals surface area contributed by atoms with Gasteiger partial charge in [0.1, 0.15) is 10.7 Å². The average molecular weight is 284 g/mol. The number of nitrogens with two attached hydrogens (primary N) is 1. The lowest BCUT2D eigenvalue weighted by Crippen LogP contribution is -2.23. The normalized spacial score (nSPS) is 11.4. The Morgan fingerprint density at radius 1 is 1.33 bits per heavy atom. The number of aromatic nitrogens is 1. The molecular formula is C10H12N4O2S2. The van der Waals surface area contributed by atoms with Crippen molar-refractivity contribution in [3.05, 3.63) is 40.7 Å². The van der Waals surface area contributed by atoms with Gasteiger partial charge in [-0.15, -0.1) is 0 Å². The Kier molecular flexibility index (Phi) is 3.92. The molecule has 0 aliphatic carbocycles. The molecule has 2 heterocycles. The number of nitrogens with zero attached hydrogens (tertiary/aromatic N) is 1. The van der Waals surface area contributed by atoms with Crippen LogP contribution in [0.25, 0.3) is 0 Å². The van der Waals surface area contributed by atoms with E-state index in [1.165, 1.54) is 29.7 Å². The van der Waals surface area contributed by atoms with Crippen LogP contribution in [0.1, 0.15) is 5.56 Å². The van der Waals surface area contributed by atoms with Gasteiger partial charge >= 0.3 is 0 Å². The third kappa shape index (κ3) is 3.05. The Balaban J connectivity index is 2.09. The third-order valence-corrected chi connectivity index (χ3v) is 4.36. The van der Waals surface area contributed by atoms with E-state index < -0.39 is 10.0 Å². The van der Waals surface area contributed by atoms with Crippen LogP contribution in [-0.4, -0.2) is 13.4 Å². The fourth-order valence-corrected chi connectivity index (χ4v) is 2.91. The van der Waals surface area contributed by atoms with Crippen molar-refractivity contribution in [1.82, 2.24) is 9.71 Å². The third-order valence-electron chi connectivity index (χ3n) is 2.24. The lowest BCUT2D eigenvalue weighted by molar-refractivity contribution is 0.581. The van der Waals surface area contributed by atoms with E-state index in [0.717, 1.165) is 5.56 Å². The minimum atomic E-state index is -3.54. The van der Waals surface area contributed by atoms with Gasteiger partial charge in [0, 0.05) is 12.7 Å². The lowest BCUT2D eigenvalue weighted by Gasteiger charge is -2.06. The second-order valence-electron chi connectivity index (χ2n) is 3.48. The number of thiophene rings is 1. The Morgan fingerprint density at radius 2 is 2.17 bits per heavy atom. The number of hydrazine groups is 1. The van der Waals surface area contributed by atoms with Crippen molar-refractivity contribution < 1.29 is 8.42 Å². The van der Waals surface area contributed by atoms with E-state index in [1.807, 2.05) is 16.8 Å². The Bertz CT molecular complexity index is 593. The number of hydrogen-bond donors (Lipinski definition) is 3. The zero-order valence-corrected chi connectivity index (χ0v) is 11.0. The summed E-state index contributed by atoms with van der Waals surface area (Å²) in [5.41, 5.74) is 3.26. The van der Waals surface area contributed by atoms with Gasteiger partial charge in [-0.05, 0) is 34.5 Å². The number of sulfonamides is 1. The highest BCUT2D eigenvalue weighted by molar-refractivity contribution is 7.89. The molecule has 18 heavy (non-hydrogen) atoms. The van der Waals surface area contributed by atoms with Crippen LogP contribution in [0.15, 0.2) is 40.1 Å². The van der Waals surface area contributed by atoms with Gasteiger partial charge in [0.05, 0.1) is 0 Å². The van der Waals surface area contributed by atoms with Crippen LogP contribution in [-0.2, 0) is 16.6 Å². The molecule has 0 unspecified atom stereocenters. The molecule has 8 heteroatoms. The molecular weight excluding hydrogens is 272 g/mol. The van der Waals surface area contributed by atoms with Gasteiger partial charge in [-0.25, -0.2) is 24.0 Å².